The van der Waals surface area contributed by atoms with Crippen LogP contribution in [0.2, 0.25) is 0 Å². The van der Waals surface area contributed by atoms with Crippen LogP contribution in [-0.2, 0) is 25.6 Å². The molecule has 17 heteroatoms. The minimum Gasteiger partial charge on any atom is -0.506 e. The van der Waals surface area contributed by atoms with Crippen LogP contribution in [0.4, 0.5) is 22.7 Å². The minimum absolute atomic E-state index is 0.0284. The fraction of sp³-hybridized carbons (Fsp3) is 0.122. The van der Waals surface area contributed by atoms with Crippen LogP contribution < -0.4 is 10.6 Å². The van der Waals surface area contributed by atoms with Crippen molar-refractivity contribution in [3.8, 4) is 22.6 Å². The Kier molecular flexibility index (Phi) is 21.5. The molecule has 0 radical (unpaired) electrons. The predicted octanol–water partition coefficient (Wildman–Crippen LogP) is 18.2. The van der Waals surface area contributed by atoms with E-state index in [0.717, 1.165) is 44.5 Å². The van der Waals surface area contributed by atoms with Crippen LogP contribution in [0, 0.1) is 0 Å². The molecular formula is C82H69N7O8S2. The first-order chi connectivity index (χ1) is 48.4. The van der Waals surface area contributed by atoms with Crippen molar-refractivity contribution >= 4 is 91.6 Å². The van der Waals surface area contributed by atoms with Crippen LogP contribution in [0.15, 0.2) is 306 Å². The van der Waals surface area contributed by atoms with Gasteiger partial charge >= 0.3 is 11.9 Å². The summed E-state index contributed by atoms with van der Waals surface area (Å²) in [6.07, 6.45) is 0.0429. The molecule has 0 saturated carbocycles. The first-order valence-corrected chi connectivity index (χ1v) is 34.3. The molecule has 492 valence electrons. The molecule has 0 aliphatic carbocycles. The molecule has 0 aliphatic rings. The van der Waals surface area contributed by atoms with Crippen molar-refractivity contribution in [3.63, 3.8) is 0 Å². The van der Waals surface area contributed by atoms with E-state index < -0.39 is 21.4 Å². The Morgan fingerprint density at radius 3 is 1.20 bits per heavy atom. The van der Waals surface area contributed by atoms with Crippen molar-refractivity contribution in [3.05, 3.63) is 335 Å². The number of azo groups is 2. The van der Waals surface area contributed by atoms with E-state index in [1.807, 2.05) is 59.5 Å². The van der Waals surface area contributed by atoms with Crippen LogP contribution >= 0.6 is 23.5 Å². The first-order valence-electron chi connectivity index (χ1n) is 32.3. The Morgan fingerprint density at radius 1 is 0.394 bits per heavy atom. The van der Waals surface area contributed by atoms with Crippen LogP contribution in [-0.4, -0.2) is 86.8 Å². The van der Waals surface area contributed by atoms with Gasteiger partial charge in [0.05, 0.1) is 38.8 Å². The van der Waals surface area contributed by atoms with E-state index in [9.17, 15) is 39.6 Å². The molecule has 0 atom stereocenters. The molecule has 0 spiro atoms. The molecule has 0 aromatic heterocycles. The van der Waals surface area contributed by atoms with Gasteiger partial charge in [-0.3, -0.25) is 14.5 Å². The van der Waals surface area contributed by atoms with Gasteiger partial charge in [0, 0.05) is 65.7 Å². The average molecular weight is 1340 g/mol. The molecule has 0 aliphatic heterocycles. The lowest BCUT2D eigenvalue weighted by Gasteiger charge is -2.36. The van der Waals surface area contributed by atoms with Crippen molar-refractivity contribution in [2.75, 3.05) is 37.7 Å². The summed E-state index contributed by atoms with van der Waals surface area (Å²) in [6.45, 7) is 1.16. The quantitative estimate of drug-likeness (QED) is 0.0154. The number of hydrogen-bond acceptors (Lipinski definition) is 13. The number of amides is 2. The lowest BCUT2D eigenvalue weighted by atomic mass is 9.84. The topological polar surface area (TPSA) is 226 Å². The number of thioether (sulfide) groups is 2. The standard InChI is InChI=1S/C82H69N7O8S2/c90-75(84-54-57-51-65(86-88-74-53-72(80(96)97)78(93)70-38-22-20-36-68(70)74)43-44-66(57)56-39-41-64(42-40-56)85-87-73-52-71(79(94)95)77(92)69-37-21-19-35-67(69)73)45-47-89(48-50-99-82(61-29-13-4-14-30-61,62-31-15-5-16-32-62)63-33-17-6-18-34-63)55-76(91)83-46-49-98-81(58-23-7-1-8-24-58,59-25-9-2-10-26-59)60-27-11-3-12-28-60/h1-44,51-53,92-93H,45-50,54-55H2,(H,83,91)(H,84,90)(H,94,95)(H,96,97). The third kappa shape index (κ3) is 15.4. The van der Waals surface area contributed by atoms with Crippen LogP contribution in [0.1, 0.15) is 66.1 Å². The fourth-order valence-corrected chi connectivity index (χ4v) is 15.5. The number of carbonyl (C=O) groups is 4. The van der Waals surface area contributed by atoms with E-state index in [1.165, 1.54) is 12.1 Å². The smallest absolute Gasteiger partial charge is 0.339 e. The molecule has 12 rings (SSSR count). The molecule has 6 N–H and O–H groups in total. The van der Waals surface area contributed by atoms with Crippen LogP contribution in [0.25, 0.3) is 32.7 Å². The number of phenols is 2. The molecule has 2 amide bonds. The zero-order valence-electron chi connectivity index (χ0n) is 53.8. The maximum absolute atomic E-state index is 14.5. The molecule has 12 aromatic carbocycles. The summed E-state index contributed by atoms with van der Waals surface area (Å²) >= 11 is 3.56. The van der Waals surface area contributed by atoms with Crippen LogP contribution in [0.5, 0.6) is 11.5 Å². The summed E-state index contributed by atoms with van der Waals surface area (Å²) in [6, 6.07) is 91.5. The number of nitrogens with one attached hydrogen (secondary N) is 2. The average Bonchev–Trinajstić information content (AvgIpc) is 0.762. The number of fused-ring (bicyclic) bond motifs is 2. The highest BCUT2D eigenvalue weighted by Gasteiger charge is 2.38. The number of aromatic hydroxyl groups is 2. The second-order valence-electron chi connectivity index (χ2n) is 23.5. The summed E-state index contributed by atoms with van der Waals surface area (Å²) in [4.78, 5) is 55.4. The van der Waals surface area contributed by atoms with Gasteiger partial charge in [-0.25, -0.2) is 9.59 Å². The van der Waals surface area contributed by atoms with Crippen molar-refractivity contribution in [2.45, 2.75) is 22.5 Å². The van der Waals surface area contributed by atoms with Crippen molar-refractivity contribution in [1.82, 2.24) is 15.5 Å². The zero-order valence-corrected chi connectivity index (χ0v) is 55.4. The largest absolute Gasteiger partial charge is 0.506 e. The van der Waals surface area contributed by atoms with Gasteiger partial charge in [-0.15, -0.1) is 33.8 Å². The summed E-state index contributed by atoms with van der Waals surface area (Å²) in [5.74, 6) is -2.65. The monoisotopic (exact) mass is 1340 g/mol. The van der Waals surface area contributed by atoms with E-state index in [1.54, 1.807) is 96.3 Å². The van der Waals surface area contributed by atoms with E-state index >= 15 is 0 Å². The SMILES string of the molecule is O=C(CCN(CCSC(c1ccccc1)(c1ccccc1)c1ccccc1)CC(=O)NCCSC(c1ccccc1)(c1ccccc1)c1ccccc1)NCc1cc(N=Nc2cc(C(=O)O)c(O)c3ccccc23)ccc1-c1ccc(N=Nc2cc(C(=O)O)c(O)c3ccccc23)cc1. The summed E-state index contributed by atoms with van der Waals surface area (Å²) < 4.78 is -1.19. The molecule has 12 aromatic rings. The number of carbonyl (C=O) groups excluding carboxylic acids is 2. The molecule has 0 bridgehead atoms. The molecule has 15 nitrogen and oxygen atoms in total. The summed E-state index contributed by atoms with van der Waals surface area (Å²) in [5.41, 5.74) is 9.53. The maximum Gasteiger partial charge on any atom is 0.339 e. The van der Waals surface area contributed by atoms with Crippen LogP contribution in [0.3, 0.4) is 0 Å². The molecule has 0 unspecified atom stereocenters. The fourth-order valence-electron chi connectivity index (χ4n) is 12.5. The Labute approximate surface area is 581 Å². The Hall–Kier alpha value is -11.5. The summed E-state index contributed by atoms with van der Waals surface area (Å²) in [7, 11) is 0. The molecule has 0 saturated heterocycles. The van der Waals surface area contributed by atoms with Gasteiger partial charge in [-0.2, -0.15) is 10.2 Å². The Morgan fingerprint density at radius 2 is 0.778 bits per heavy atom. The highest BCUT2D eigenvalue weighted by molar-refractivity contribution is 8.00. The van der Waals surface area contributed by atoms with E-state index in [-0.39, 0.29) is 71.9 Å². The summed E-state index contributed by atoms with van der Waals surface area (Å²) in [5, 5.41) is 67.5. The van der Waals surface area contributed by atoms with Crippen molar-refractivity contribution in [2.24, 2.45) is 20.5 Å². The van der Waals surface area contributed by atoms with E-state index in [2.05, 4.69) is 177 Å². The lowest BCUT2D eigenvalue weighted by molar-refractivity contribution is -0.124. The molecule has 99 heavy (non-hydrogen) atoms. The lowest BCUT2D eigenvalue weighted by Crippen LogP contribution is -2.41. The van der Waals surface area contributed by atoms with Gasteiger partial charge in [0.1, 0.15) is 22.6 Å². The minimum atomic E-state index is -1.33. The van der Waals surface area contributed by atoms with Crippen molar-refractivity contribution in [1.29, 1.82) is 0 Å². The number of hydrogen-bond donors (Lipinski definition) is 6. The molecule has 0 fully saturated rings. The van der Waals surface area contributed by atoms with E-state index in [4.69, 9.17) is 0 Å². The number of benzene rings is 12. The van der Waals surface area contributed by atoms with Gasteiger partial charge in [-0.05, 0) is 86.5 Å². The highest BCUT2D eigenvalue weighted by Crippen LogP contribution is 2.50. The van der Waals surface area contributed by atoms with Gasteiger partial charge in [-0.1, -0.05) is 249 Å². The number of nitrogens with zero attached hydrogens (tertiary/aromatic N) is 5. The Bertz CT molecular complexity index is 4690. The predicted molar refractivity (Wildman–Crippen MR) is 395 cm³/mol. The van der Waals surface area contributed by atoms with Crippen molar-refractivity contribution < 1.29 is 39.6 Å². The number of rotatable bonds is 28. The highest BCUT2D eigenvalue weighted by atomic mass is 32.2. The van der Waals surface area contributed by atoms with Gasteiger partial charge in [0.2, 0.25) is 11.8 Å². The molecular weight excluding hydrogens is 1280 g/mol. The number of aromatic carboxylic acids is 2. The van der Waals surface area contributed by atoms with Gasteiger partial charge < -0.3 is 31.1 Å². The molecule has 0 heterocycles. The number of carboxylic acid groups (broad SMARTS) is 2. The second kappa shape index (κ2) is 31.6. The maximum atomic E-state index is 14.5. The number of carboxylic acids is 2. The van der Waals surface area contributed by atoms with E-state index in [0.29, 0.717) is 63.1 Å². The second-order valence-corrected chi connectivity index (χ2v) is 26.1. The van der Waals surface area contributed by atoms with Gasteiger partial charge in [0.15, 0.2) is 0 Å². The third-order valence-electron chi connectivity index (χ3n) is 17.3. The zero-order chi connectivity index (χ0) is 68.6. The van der Waals surface area contributed by atoms with Gasteiger partial charge in [0.25, 0.3) is 0 Å². The first kappa shape index (κ1) is 67.5. The normalized spacial score (nSPS) is 11.8. The third-order valence-corrected chi connectivity index (χ3v) is 20.4. The Balaban J connectivity index is 0.812.